The zero-order chi connectivity index (χ0) is 19.6. The molecule has 0 aliphatic carbocycles. The summed E-state index contributed by atoms with van der Waals surface area (Å²) in [7, 11) is 0. The molecule has 0 unspecified atom stereocenters. The van der Waals surface area contributed by atoms with Gasteiger partial charge in [0.2, 0.25) is 0 Å². The van der Waals surface area contributed by atoms with Crippen LogP contribution in [0.15, 0.2) is 85.5 Å². The minimum atomic E-state index is 0.0481. The first kappa shape index (κ1) is 17.4. The fourth-order valence-corrected chi connectivity index (χ4v) is 3.56. The molecule has 5 heteroatoms. The highest BCUT2D eigenvalue weighted by atomic mass is 16.3. The van der Waals surface area contributed by atoms with E-state index in [4.69, 9.17) is 0 Å². The molecule has 0 radical (unpaired) electrons. The summed E-state index contributed by atoms with van der Waals surface area (Å²) >= 11 is 0. The number of benzene rings is 2. The normalized spacial score (nSPS) is 11.2. The van der Waals surface area contributed by atoms with Crippen LogP contribution in [-0.2, 0) is 13.2 Å². The number of rotatable bonds is 5. The molecule has 0 saturated heterocycles. The van der Waals surface area contributed by atoms with E-state index in [0.717, 1.165) is 45.4 Å². The van der Waals surface area contributed by atoms with Crippen molar-refractivity contribution in [2.75, 3.05) is 0 Å². The lowest BCUT2D eigenvalue weighted by atomic mass is 10.0. The van der Waals surface area contributed by atoms with Crippen molar-refractivity contribution >= 4 is 11.0 Å². The quantitative estimate of drug-likeness (QED) is 0.467. The second-order valence-electron chi connectivity index (χ2n) is 7.09. The maximum Gasteiger partial charge on any atom is 0.137 e. The predicted molar refractivity (Wildman–Crippen MR) is 114 cm³/mol. The summed E-state index contributed by atoms with van der Waals surface area (Å²) in [5.41, 5.74) is 7.23. The minimum absolute atomic E-state index is 0.0481. The van der Waals surface area contributed by atoms with Gasteiger partial charge in [0.15, 0.2) is 0 Å². The number of aromatic nitrogens is 4. The van der Waals surface area contributed by atoms with Gasteiger partial charge in [0.05, 0.1) is 19.3 Å². The van der Waals surface area contributed by atoms with Gasteiger partial charge in [0.25, 0.3) is 0 Å². The molecular formula is C24H20N4O. The Bertz CT molecular complexity index is 1250. The SMILES string of the molecule is OCc1ccc(-c2cnc3[nH]cc(-c4cnn(Cc5ccccc5)c4)c3c2)cc1. The number of nitrogens with one attached hydrogen (secondary N) is 1. The van der Waals surface area contributed by atoms with E-state index in [2.05, 4.69) is 39.5 Å². The van der Waals surface area contributed by atoms with Crippen LogP contribution in [-0.4, -0.2) is 24.9 Å². The molecule has 0 saturated carbocycles. The van der Waals surface area contributed by atoms with Gasteiger partial charge < -0.3 is 10.1 Å². The van der Waals surface area contributed by atoms with Crippen LogP contribution < -0.4 is 0 Å². The van der Waals surface area contributed by atoms with Crippen LogP contribution in [0.25, 0.3) is 33.3 Å². The summed E-state index contributed by atoms with van der Waals surface area (Å²) in [5, 5.41) is 14.8. The molecule has 0 aliphatic rings. The lowest BCUT2D eigenvalue weighted by Gasteiger charge is -2.04. The Morgan fingerprint density at radius 2 is 1.69 bits per heavy atom. The van der Waals surface area contributed by atoms with Gasteiger partial charge in [-0.25, -0.2) is 4.98 Å². The molecule has 0 atom stereocenters. The molecule has 142 valence electrons. The molecule has 5 rings (SSSR count). The van der Waals surface area contributed by atoms with Crippen molar-refractivity contribution in [1.29, 1.82) is 0 Å². The first-order chi connectivity index (χ1) is 14.3. The van der Waals surface area contributed by atoms with Crippen LogP contribution in [0.2, 0.25) is 0 Å². The maximum atomic E-state index is 9.25. The average molecular weight is 380 g/mol. The van der Waals surface area contributed by atoms with Gasteiger partial charge in [-0.1, -0.05) is 54.6 Å². The maximum absolute atomic E-state index is 9.25. The van der Waals surface area contributed by atoms with E-state index < -0.39 is 0 Å². The number of pyridine rings is 1. The standard InChI is InChI=1S/C24H20N4O/c29-16-18-6-8-19(9-7-18)20-10-22-23(13-26-24(22)25-11-20)21-12-27-28(15-21)14-17-4-2-1-3-5-17/h1-13,15,29H,14,16H2,(H,25,26). The number of hydrogen-bond acceptors (Lipinski definition) is 3. The number of hydrogen-bond donors (Lipinski definition) is 2. The third-order valence-corrected chi connectivity index (χ3v) is 5.13. The first-order valence-electron chi connectivity index (χ1n) is 9.54. The van der Waals surface area contributed by atoms with Crippen molar-refractivity contribution in [3.8, 4) is 22.3 Å². The average Bonchev–Trinajstić information content (AvgIpc) is 3.41. The smallest absolute Gasteiger partial charge is 0.137 e. The number of aliphatic hydroxyl groups is 1. The molecule has 3 heterocycles. The third kappa shape index (κ3) is 3.44. The highest BCUT2D eigenvalue weighted by Gasteiger charge is 2.11. The van der Waals surface area contributed by atoms with Gasteiger partial charge in [-0.05, 0) is 22.8 Å². The number of nitrogens with zero attached hydrogens (tertiary/aromatic N) is 3. The minimum Gasteiger partial charge on any atom is -0.392 e. The summed E-state index contributed by atoms with van der Waals surface area (Å²) < 4.78 is 1.95. The molecule has 0 aliphatic heterocycles. The Morgan fingerprint density at radius 3 is 2.48 bits per heavy atom. The number of aliphatic hydroxyl groups excluding tert-OH is 1. The molecule has 29 heavy (non-hydrogen) atoms. The zero-order valence-electron chi connectivity index (χ0n) is 15.8. The predicted octanol–water partition coefficient (Wildman–Crippen LogP) is 4.63. The summed E-state index contributed by atoms with van der Waals surface area (Å²) in [5.74, 6) is 0. The summed E-state index contributed by atoms with van der Waals surface area (Å²) in [6.07, 6.45) is 7.82. The molecule has 0 amide bonds. The van der Waals surface area contributed by atoms with E-state index in [0.29, 0.717) is 0 Å². The summed E-state index contributed by atoms with van der Waals surface area (Å²) in [6, 6.07) is 20.4. The van der Waals surface area contributed by atoms with E-state index in [1.165, 1.54) is 5.56 Å². The van der Waals surface area contributed by atoms with Gasteiger partial charge in [0, 0.05) is 40.7 Å². The van der Waals surface area contributed by atoms with Crippen LogP contribution in [0.4, 0.5) is 0 Å². The van der Waals surface area contributed by atoms with Gasteiger partial charge in [0.1, 0.15) is 5.65 Å². The second-order valence-corrected chi connectivity index (χ2v) is 7.09. The van der Waals surface area contributed by atoms with Crippen molar-refractivity contribution in [3.05, 3.63) is 96.6 Å². The Kier molecular flexibility index (Phi) is 4.42. The monoisotopic (exact) mass is 380 g/mol. The largest absolute Gasteiger partial charge is 0.392 e. The zero-order valence-corrected chi connectivity index (χ0v) is 15.8. The lowest BCUT2D eigenvalue weighted by Crippen LogP contribution is -1.99. The Hall–Kier alpha value is -3.70. The number of aromatic amines is 1. The third-order valence-electron chi connectivity index (χ3n) is 5.13. The Labute approximate surface area is 168 Å². The van der Waals surface area contributed by atoms with Gasteiger partial charge in [-0.2, -0.15) is 5.10 Å². The molecule has 0 fully saturated rings. The molecule has 0 bridgehead atoms. The van der Waals surface area contributed by atoms with E-state index in [1.807, 2.05) is 65.7 Å². The fraction of sp³-hybridized carbons (Fsp3) is 0.0833. The van der Waals surface area contributed by atoms with Gasteiger partial charge >= 0.3 is 0 Å². The highest BCUT2D eigenvalue weighted by molar-refractivity contribution is 5.95. The van der Waals surface area contributed by atoms with E-state index in [-0.39, 0.29) is 6.61 Å². The van der Waals surface area contributed by atoms with Gasteiger partial charge in [-0.15, -0.1) is 0 Å². The molecular weight excluding hydrogens is 360 g/mol. The Balaban J connectivity index is 1.49. The molecule has 5 aromatic rings. The van der Waals surface area contributed by atoms with Crippen LogP contribution in [0.3, 0.4) is 0 Å². The van der Waals surface area contributed by atoms with Crippen molar-refractivity contribution in [1.82, 2.24) is 19.7 Å². The highest BCUT2D eigenvalue weighted by Crippen LogP contribution is 2.31. The van der Waals surface area contributed by atoms with Crippen LogP contribution in [0, 0.1) is 0 Å². The fourth-order valence-electron chi connectivity index (χ4n) is 3.56. The van der Waals surface area contributed by atoms with Crippen LogP contribution >= 0.6 is 0 Å². The van der Waals surface area contributed by atoms with E-state index in [1.54, 1.807) is 0 Å². The van der Waals surface area contributed by atoms with Gasteiger partial charge in [-0.3, -0.25) is 4.68 Å². The topological polar surface area (TPSA) is 66.7 Å². The second kappa shape index (κ2) is 7.37. The van der Waals surface area contributed by atoms with Crippen molar-refractivity contribution in [2.45, 2.75) is 13.2 Å². The van der Waals surface area contributed by atoms with E-state index >= 15 is 0 Å². The van der Waals surface area contributed by atoms with Crippen molar-refractivity contribution in [2.24, 2.45) is 0 Å². The molecule has 3 aromatic heterocycles. The number of fused-ring (bicyclic) bond motifs is 1. The van der Waals surface area contributed by atoms with Crippen molar-refractivity contribution in [3.63, 3.8) is 0 Å². The molecule has 2 N–H and O–H groups in total. The lowest BCUT2D eigenvalue weighted by molar-refractivity contribution is 0.282. The molecule has 2 aromatic carbocycles. The van der Waals surface area contributed by atoms with Crippen LogP contribution in [0.5, 0.6) is 0 Å². The summed E-state index contributed by atoms with van der Waals surface area (Å²) in [6.45, 7) is 0.788. The number of H-pyrrole nitrogens is 1. The van der Waals surface area contributed by atoms with E-state index in [9.17, 15) is 5.11 Å². The van der Waals surface area contributed by atoms with Crippen molar-refractivity contribution < 1.29 is 5.11 Å². The Morgan fingerprint density at radius 1 is 0.862 bits per heavy atom. The first-order valence-corrected chi connectivity index (χ1v) is 9.54. The molecule has 0 spiro atoms. The van der Waals surface area contributed by atoms with Crippen LogP contribution in [0.1, 0.15) is 11.1 Å². The molecule has 5 nitrogen and oxygen atoms in total. The summed E-state index contributed by atoms with van der Waals surface area (Å²) in [4.78, 5) is 7.85.